The fourth-order valence-electron chi connectivity index (χ4n) is 4.77. The van der Waals surface area contributed by atoms with E-state index < -0.39 is 0 Å². The molecule has 0 unspecified atom stereocenters. The molecule has 1 aromatic carbocycles. The molecule has 0 aliphatic heterocycles. The molecule has 0 spiro atoms. The highest BCUT2D eigenvalue weighted by Crippen LogP contribution is 2.35. The van der Waals surface area contributed by atoms with Gasteiger partial charge in [-0.15, -0.1) is 0 Å². The average Bonchev–Trinajstić information content (AvgIpc) is 3.49. The molecule has 3 heterocycles. The maximum absolute atomic E-state index is 13.7. The quantitative estimate of drug-likeness (QED) is 0.481. The van der Waals surface area contributed by atoms with Gasteiger partial charge in [-0.3, -0.25) is 14.2 Å². The van der Waals surface area contributed by atoms with E-state index in [0.29, 0.717) is 28.3 Å². The van der Waals surface area contributed by atoms with Gasteiger partial charge in [0.1, 0.15) is 28.5 Å². The summed E-state index contributed by atoms with van der Waals surface area (Å²) in [4.78, 5) is 27.1. The molecule has 8 heteroatoms. The minimum atomic E-state index is -0.289. The van der Waals surface area contributed by atoms with Gasteiger partial charge in [-0.25, -0.2) is 0 Å². The monoisotopic (exact) mass is 449 g/mol. The molecule has 1 aliphatic carbocycles. The summed E-state index contributed by atoms with van der Waals surface area (Å²) in [6, 6.07) is 9.05. The van der Waals surface area contributed by atoms with Crippen molar-refractivity contribution in [2.24, 2.45) is 0 Å². The molecular formula is C25H27N3O5. The molecule has 33 heavy (non-hydrogen) atoms. The van der Waals surface area contributed by atoms with Crippen molar-refractivity contribution in [3.05, 3.63) is 64.6 Å². The predicted octanol–water partition coefficient (Wildman–Crippen LogP) is 3.98. The van der Waals surface area contributed by atoms with E-state index in [-0.39, 0.29) is 29.7 Å². The van der Waals surface area contributed by atoms with Gasteiger partial charge in [0.25, 0.3) is 11.5 Å². The first kappa shape index (κ1) is 21.2. The third-order valence-corrected chi connectivity index (χ3v) is 6.43. The second-order valence-electron chi connectivity index (χ2n) is 8.43. The van der Waals surface area contributed by atoms with E-state index in [2.05, 4.69) is 5.32 Å². The Bertz CT molecular complexity index is 1360. The predicted molar refractivity (Wildman–Crippen MR) is 124 cm³/mol. The minimum Gasteiger partial charge on any atom is -0.496 e. The molecule has 0 bridgehead atoms. The lowest BCUT2D eigenvalue weighted by molar-refractivity contribution is 0.0916. The van der Waals surface area contributed by atoms with Gasteiger partial charge in [0, 0.05) is 17.6 Å². The van der Waals surface area contributed by atoms with Crippen molar-refractivity contribution in [2.75, 3.05) is 14.2 Å². The van der Waals surface area contributed by atoms with Crippen LogP contribution in [-0.2, 0) is 6.54 Å². The molecule has 0 atom stereocenters. The lowest BCUT2D eigenvalue weighted by atomic mass is 9.95. The van der Waals surface area contributed by atoms with Crippen LogP contribution in [-0.4, -0.2) is 35.1 Å². The highest BCUT2D eigenvalue weighted by Gasteiger charge is 2.23. The molecule has 1 N–H and O–H groups in total. The van der Waals surface area contributed by atoms with Crippen molar-refractivity contribution in [3.63, 3.8) is 0 Å². The van der Waals surface area contributed by atoms with Crippen LogP contribution in [0.25, 0.3) is 16.4 Å². The summed E-state index contributed by atoms with van der Waals surface area (Å²) in [5.74, 6) is 1.54. The van der Waals surface area contributed by atoms with E-state index in [1.165, 1.54) is 11.0 Å². The van der Waals surface area contributed by atoms with Gasteiger partial charge < -0.3 is 23.6 Å². The third-order valence-electron chi connectivity index (χ3n) is 6.43. The Labute approximate surface area is 190 Å². The molecule has 0 radical (unpaired) electrons. The zero-order chi connectivity index (χ0) is 22.9. The van der Waals surface area contributed by atoms with E-state index in [9.17, 15) is 9.59 Å². The average molecular weight is 450 g/mol. The van der Waals surface area contributed by atoms with Gasteiger partial charge in [0.05, 0.1) is 32.5 Å². The molecule has 3 aromatic heterocycles. The first-order valence-corrected chi connectivity index (χ1v) is 11.2. The number of furan rings is 1. The Kier molecular flexibility index (Phi) is 5.58. The first-order chi connectivity index (χ1) is 16.1. The van der Waals surface area contributed by atoms with Crippen molar-refractivity contribution in [1.82, 2.24) is 14.3 Å². The Balaban J connectivity index is 1.72. The standard InChI is InChI=1S/C25H27N3O5/c1-31-21-10-11-22(32-2)23-18(21)13-19-25(30)28(14-17-9-6-12-33-17)20(15-27(19)23)24(29)26-16-7-4-3-5-8-16/h6,9-13,15-16H,3-5,7-8,14H2,1-2H3,(H,26,29). The first-order valence-electron chi connectivity index (χ1n) is 11.2. The lowest BCUT2D eigenvalue weighted by Crippen LogP contribution is -2.39. The SMILES string of the molecule is COc1ccc(OC)c2c1cc1c(=O)n(Cc3ccco3)c(C(=O)NC3CCCCC3)cn12. The number of amides is 1. The van der Waals surface area contributed by atoms with E-state index in [1.807, 2.05) is 0 Å². The van der Waals surface area contributed by atoms with Crippen molar-refractivity contribution in [3.8, 4) is 11.5 Å². The molecule has 1 amide bonds. The third kappa shape index (κ3) is 3.75. The van der Waals surface area contributed by atoms with Crippen molar-refractivity contribution >= 4 is 22.3 Å². The molecule has 172 valence electrons. The number of hydrogen-bond donors (Lipinski definition) is 1. The molecule has 0 saturated heterocycles. The number of carbonyl (C=O) groups excluding carboxylic acids is 1. The largest absolute Gasteiger partial charge is 0.496 e. The van der Waals surface area contributed by atoms with Gasteiger partial charge in [-0.1, -0.05) is 19.3 Å². The van der Waals surface area contributed by atoms with Crippen LogP contribution < -0.4 is 20.3 Å². The number of hydrogen-bond acceptors (Lipinski definition) is 5. The number of rotatable bonds is 6. The van der Waals surface area contributed by atoms with Crippen LogP contribution in [0.15, 0.2) is 52.0 Å². The summed E-state index contributed by atoms with van der Waals surface area (Å²) >= 11 is 0. The van der Waals surface area contributed by atoms with Crippen LogP contribution in [0.3, 0.4) is 0 Å². The molecule has 1 fully saturated rings. The number of benzene rings is 1. The Hall–Kier alpha value is -3.68. The fourth-order valence-corrected chi connectivity index (χ4v) is 4.77. The minimum absolute atomic E-state index is 0.116. The van der Waals surface area contributed by atoms with Gasteiger partial charge in [-0.05, 0) is 43.2 Å². The summed E-state index contributed by atoms with van der Waals surface area (Å²) in [7, 11) is 3.16. The van der Waals surface area contributed by atoms with Gasteiger partial charge in [0.15, 0.2) is 0 Å². The van der Waals surface area contributed by atoms with E-state index in [0.717, 1.165) is 31.1 Å². The van der Waals surface area contributed by atoms with E-state index in [4.69, 9.17) is 13.9 Å². The van der Waals surface area contributed by atoms with E-state index >= 15 is 0 Å². The summed E-state index contributed by atoms with van der Waals surface area (Å²) < 4.78 is 19.8. The molecule has 1 aliphatic rings. The number of nitrogens with one attached hydrogen (secondary N) is 1. The molecule has 1 saturated carbocycles. The molecule has 4 aromatic rings. The molecule has 8 nitrogen and oxygen atoms in total. The summed E-state index contributed by atoms with van der Waals surface area (Å²) in [6.45, 7) is 0.158. The fraction of sp³-hybridized carbons (Fsp3) is 0.360. The maximum Gasteiger partial charge on any atom is 0.275 e. The highest BCUT2D eigenvalue weighted by atomic mass is 16.5. The molecule has 5 rings (SSSR count). The Morgan fingerprint density at radius 2 is 1.88 bits per heavy atom. The number of methoxy groups -OCH3 is 2. The second kappa shape index (κ2) is 8.69. The van der Waals surface area contributed by atoms with Crippen LogP contribution in [0.4, 0.5) is 0 Å². The summed E-state index contributed by atoms with van der Waals surface area (Å²) in [5, 5.41) is 3.88. The number of ether oxygens (including phenoxy) is 2. The van der Waals surface area contributed by atoms with Crippen molar-refractivity contribution < 1.29 is 18.7 Å². The Morgan fingerprint density at radius 1 is 1.12 bits per heavy atom. The number of nitrogens with zero attached hydrogens (tertiary/aromatic N) is 2. The maximum atomic E-state index is 13.7. The lowest BCUT2D eigenvalue weighted by Gasteiger charge is -2.23. The Morgan fingerprint density at radius 3 is 2.58 bits per heavy atom. The van der Waals surface area contributed by atoms with Crippen LogP contribution in [0, 0.1) is 0 Å². The van der Waals surface area contributed by atoms with Crippen molar-refractivity contribution in [2.45, 2.75) is 44.7 Å². The number of fused-ring (bicyclic) bond motifs is 3. The van der Waals surface area contributed by atoms with Gasteiger partial charge >= 0.3 is 0 Å². The summed E-state index contributed by atoms with van der Waals surface area (Å²) in [5.41, 5.74) is 1.09. The topological polar surface area (TPSA) is 87.1 Å². The van der Waals surface area contributed by atoms with E-state index in [1.54, 1.807) is 61.4 Å². The number of carbonyl (C=O) groups is 1. The van der Waals surface area contributed by atoms with Gasteiger partial charge in [-0.2, -0.15) is 0 Å². The second-order valence-corrected chi connectivity index (χ2v) is 8.43. The molecular weight excluding hydrogens is 422 g/mol. The number of aromatic nitrogens is 2. The summed E-state index contributed by atoms with van der Waals surface area (Å²) in [6.07, 6.45) is 8.56. The van der Waals surface area contributed by atoms with Crippen molar-refractivity contribution in [1.29, 1.82) is 0 Å². The van der Waals surface area contributed by atoms with Crippen LogP contribution in [0.5, 0.6) is 11.5 Å². The van der Waals surface area contributed by atoms with Crippen LogP contribution in [0.2, 0.25) is 0 Å². The smallest absolute Gasteiger partial charge is 0.275 e. The zero-order valence-electron chi connectivity index (χ0n) is 18.8. The van der Waals surface area contributed by atoms with Gasteiger partial charge in [0.2, 0.25) is 0 Å². The highest BCUT2D eigenvalue weighted by molar-refractivity contribution is 5.98. The normalized spacial score (nSPS) is 14.6. The van der Waals surface area contributed by atoms with Crippen LogP contribution >= 0.6 is 0 Å². The zero-order valence-corrected chi connectivity index (χ0v) is 18.8. The van der Waals surface area contributed by atoms with Crippen LogP contribution in [0.1, 0.15) is 48.4 Å².